The number of ether oxygens (including phenoxy) is 1. The monoisotopic (exact) mass is 474 g/mol. The minimum absolute atomic E-state index is 0.253. The number of hydrogen-bond acceptors (Lipinski definition) is 6. The summed E-state index contributed by atoms with van der Waals surface area (Å²) in [4.78, 5) is 17.5. The molecule has 3 aromatic carbocycles. The molecule has 0 radical (unpaired) electrons. The van der Waals surface area contributed by atoms with Crippen LogP contribution in [-0.2, 0) is 15.3 Å². The van der Waals surface area contributed by atoms with Crippen LogP contribution in [0.4, 0.5) is 10.3 Å². The van der Waals surface area contributed by atoms with E-state index >= 15 is 0 Å². The number of fused-ring (bicyclic) bond motifs is 2. The molecule has 0 saturated heterocycles. The molecule has 1 aromatic heterocycles. The van der Waals surface area contributed by atoms with Crippen LogP contribution in [0, 0.1) is 5.82 Å². The number of nitrogens with one attached hydrogen (secondary N) is 1. The Balaban J connectivity index is 1.46. The Morgan fingerprint density at radius 2 is 1.88 bits per heavy atom. The number of anilines is 1. The maximum Gasteiger partial charge on any atom is 0.338 e. The number of nitrogens with zero attached hydrogens (tertiary/aromatic N) is 3. The highest BCUT2D eigenvalue weighted by molar-refractivity contribution is 7.98. The Kier molecular flexibility index (Phi) is 6.06. The van der Waals surface area contributed by atoms with E-state index in [2.05, 4.69) is 40.6 Å². The fraction of sp³-hybridized carbons (Fsp3) is 0.192. The van der Waals surface area contributed by atoms with Crippen molar-refractivity contribution in [3.05, 3.63) is 94.9 Å². The van der Waals surface area contributed by atoms with Gasteiger partial charge in [0.05, 0.1) is 12.2 Å². The number of benzene rings is 3. The van der Waals surface area contributed by atoms with Gasteiger partial charge in [-0.25, -0.2) is 13.9 Å². The van der Waals surface area contributed by atoms with E-state index in [1.54, 1.807) is 23.7 Å². The third-order valence-corrected chi connectivity index (χ3v) is 6.60. The van der Waals surface area contributed by atoms with Gasteiger partial charge in [0, 0.05) is 11.4 Å². The summed E-state index contributed by atoms with van der Waals surface area (Å²) in [5.74, 6) is 0.447. The molecule has 0 saturated carbocycles. The maximum atomic E-state index is 13.6. The predicted molar refractivity (Wildman–Crippen MR) is 131 cm³/mol. The summed E-state index contributed by atoms with van der Waals surface area (Å²) in [5, 5.41) is 10.9. The lowest BCUT2D eigenvalue weighted by Crippen LogP contribution is -2.29. The van der Waals surface area contributed by atoms with Crippen molar-refractivity contribution in [3.63, 3.8) is 0 Å². The van der Waals surface area contributed by atoms with Crippen LogP contribution in [0.3, 0.4) is 0 Å². The molecule has 172 valence electrons. The standard InChI is InChI=1S/C26H23FN4O2S/c1-3-33-24(32)22-16(2)28-25-29-26(30-31(25)23(22)19-10-12-21(27)13-11-19)34-15-17-8-9-18-6-4-5-7-20(18)14-17/h4-14,23H,3,15H2,1-2H3,(H,28,29,30)/t23-/m0/s1. The molecule has 8 heteroatoms. The molecule has 6 nitrogen and oxygen atoms in total. The average Bonchev–Trinajstić information content (AvgIpc) is 3.25. The van der Waals surface area contributed by atoms with Crippen LogP contribution >= 0.6 is 11.8 Å². The summed E-state index contributed by atoms with van der Waals surface area (Å²) in [6.45, 7) is 3.82. The number of esters is 1. The van der Waals surface area contributed by atoms with Crippen molar-refractivity contribution < 1.29 is 13.9 Å². The molecule has 0 bridgehead atoms. The SMILES string of the molecule is CCOC(=O)C1=C(C)Nc2nc(SCc3ccc4ccccc4c3)nn2[C@H]1c1ccc(F)cc1. The van der Waals surface area contributed by atoms with Crippen LogP contribution in [0.2, 0.25) is 0 Å². The van der Waals surface area contributed by atoms with Gasteiger partial charge < -0.3 is 10.1 Å². The van der Waals surface area contributed by atoms with Crippen molar-refractivity contribution >= 4 is 34.5 Å². The van der Waals surface area contributed by atoms with Gasteiger partial charge in [0.25, 0.3) is 0 Å². The van der Waals surface area contributed by atoms with Crippen molar-refractivity contribution in [1.29, 1.82) is 0 Å². The Morgan fingerprint density at radius 3 is 2.65 bits per heavy atom. The van der Waals surface area contributed by atoms with Gasteiger partial charge in [-0.1, -0.05) is 66.4 Å². The molecule has 1 aliphatic heterocycles. The van der Waals surface area contributed by atoms with Crippen LogP contribution in [0.5, 0.6) is 0 Å². The normalized spacial score (nSPS) is 15.2. The average molecular weight is 475 g/mol. The van der Waals surface area contributed by atoms with E-state index in [4.69, 9.17) is 9.84 Å². The lowest BCUT2D eigenvalue weighted by molar-refractivity contribution is -0.139. The molecule has 0 aliphatic carbocycles. The quantitative estimate of drug-likeness (QED) is 0.285. The van der Waals surface area contributed by atoms with Crippen molar-refractivity contribution in [2.45, 2.75) is 30.8 Å². The molecule has 0 fully saturated rings. The van der Waals surface area contributed by atoms with E-state index in [1.807, 2.05) is 19.1 Å². The summed E-state index contributed by atoms with van der Waals surface area (Å²) in [5.41, 5.74) is 2.96. The van der Waals surface area contributed by atoms with E-state index in [-0.39, 0.29) is 12.4 Å². The van der Waals surface area contributed by atoms with E-state index in [0.29, 0.717) is 28.1 Å². The molecular formula is C26H23FN4O2S. The zero-order valence-corrected chi connectivity index (χ0v) is 19.6. The first kappa shape index (κ1) is 22.2. The molecule has 2 heterocycles. The molecular weight excluding hydrogens is 451 g/mol. The lowest BCUT2D eigenvalue weighted by atomic mass is 9.96. The maximum absolute atomic E-state index is 13.6. The smallest absolute Gasteiger partial charge is 0.338 e. The van der Waals surface area contributed by atoms with Gasteiger partial charge in [-0.05, 0) is 47.9 Å². The van der Waals surface area contributed by atoms with Crippen LogP contribution < -0.4 is 5.32 Å². The first-order chi connectivity index (χ1) is 16.5. The number of rotatable bonds is 6. The molecule has 0 spiro atoms. The lowest BCUT2D eigenvalue weighted by Gasteiger charge is -2.28. The number of halogens is 1. The second kappa shape index (κ2) is 9.30. The molecule has 1 N–H and O–H groups in total. The number of hydrogen-bond donors (Lipinski definition) is 1. The Hall–Kier alpha value is -3.65. The minimum Gasteiger partial charge on any atom is -0.463 e. The summed E-state index contributed by atoms with van der Waals surface area (Å²) in [6, 6.07) is 20.1. The summed E-state index contributed by atoms with van der Waals surface area (Å²) < 4.78 is 20.6. The molecule has 1 atom stereocenters. The van der Waals surface area contributed by atoms with Crippen LogP contribution in [0.25, 0.3) is 10.8 Å². The van der Waals surface area contributed by atoms with E-state index in [0.717, 1.165) is 5.56 Å². The number of thioether (sulfide) groups is 1. The second-order valence-corrected chi connectivity index (χ2v) is 8.91. The van der Waals surface area contributed by atoms with Gasteiger partial charge in [-0.2, -0.15) is 4.98 Å². The van der Waals surface area contributed by atoms with Crippen molar-refractivity contribution in [3.8, 4) is 0 Å². The van der Waals surface area contributed by atoms with Gasteiger partial charge in [0.1, 0.15) is 11.9 Å². The highest BCUT2D eigenvalue weighted by Gasteiger charge is 2.35. The zero-order valence-electron chi connectivity index (χ0n) is 18.8. The van der Waals surface area contributed by atoms with E-state index < -0.39 is 12.0 Å². The number of carbonyl (C=O) groups excluding carboxylic acids is 1. The zero-order chi connectivity index (χ0) is 23.7. The Bertz CT molecular complexity index is 1400. The molecule has 5 rings (SSSR count). The van der Waals surface area contributed by atoms with Crippen LogP contribution in [0.1, 0.15) is 31.0 Å². The first-order valence-corrected chi connectivity index (χ1v) is 12.0. The van der Waals surface area contributed by atoms with Crippen molar-refractivity contribution in [2.75, 3.05) is 11.9 Å². The Morgan fingerprint density at radius 1 is 1.12 bits per heavy atom. The van der Waals surface area contributed by atoms with E-state index in [1.165, 1.54) is 40.2 Å². The number of aromatic nitrogens is 3. The second-order valence-electron chi connectivity index (χ2n) is 7.97. The van der Waals surface area contributed by atoms with Gasteiger partial charge in [-0.15, -0.1) is 5.10 Å². The molecule has 0 unspecified atom stereocenters. The topological polar surface area (TPSA) is 69.0 Å². The number of carbonyl (C=O) groups is 1. The Labute approximate surface area is 200 Å². The third kappa shape index (κ3) is 4.28. The van der Waals surface area contributed by atoms with Gasteiger partial charge in [0.15, 0.2) is 0 Å². The summed E-state index contributed by atoms with van der Waals surface area (Å²) in [7, 11) is 0. The van der Waals surface area contributed by atoms with Crippen molar-refractivity contribution in [2.24, 2.45) is 0 Å². The highest BCUT2D eigenvalue weighted by Crippen LogP contribution is 2.37. The molecule has 0 amide bonds. The molecule has 4 aromatic rings. The minimum atomic E-state index is -0.571. The third-order valence-electron chi connectivity index (χ3n) is 5.70. The van der Waals surface area contributed by atoms with Crippen LogP contribution in [-0.4, -0.2) is 27.3 Å². The predicted octanol–water partition coefficient (Wildman–Crippen LogP) is 5.71. The van der Waals surface area contributed by atoms with Gasteiger partial charge in [0.2, 0.25) is 11.1 Å². The first-order valence-electron chi connectivity index (χ1n) is 11.0. The summed E-state index contributed by atoms with van der Waals surface area (Å²) >= 11 is 1.52. The molecule has 34 heavy (non-hydrogen) atoms. The van der Waals surface area contributed by atoms with Gasteiger partial charge >= 0.3 is 5.97 Å². The fourth-order valence-electron chi connectivity index (χ4n) is 4.10. The summed E-state index contributed by atoms with van der Waals surface area (Å²) in [6.07, 6.45) is 0. The molecule has 1 aliphatic rings. The van der Waals surface area contributed by atoms with E-state index in [9.17, 15) is 9.18 Å². The van der Waals surface area contributed by atoms with Gasteiger partial charge in [-0.3, -0.25) is 0 Å². The largest absolute Gasteiger partial charge is 0.463 e. The van der Waals surface area contributed by atoms with Crippen molar-refractivity contribution in [1.82, 2.24) is 14.8 Å². The fourth-order valence-corrected chi connectivity index (χ4v) is 4.87. The van der Waals surface area contributed by atoms with Crippen LogP contribution in [0.15, 0.2) is 83.2 Å². The number of allylic oxidation sites excluding steroid dienone is 1. The highest BCUT2D eigenvalue weighted by atomic mass is 32.2.